The fourth-order valence-corrected chi connectivity index (χ4v) is 1.41. The molecule has 0 aromatic carbocycles. The van der Waals surface area contributed by atoms with Crippen molar-refractivity contribution in [3.8, 4) is 0 Å². The van der Waals surface area contributed by atoms with Crippen molar-refractivity contribution in [3.05, 3.63) is 11.9 Å². The van der Waals surface area contributed by atoms with E-state index in [0.29, 0.717) is 6.04 Å². The third kappa shape index (κ3) is 2.32. The lowest BCUT2D eigenvalue weighted by Gasteiger charge is -2.14. The molecule has 0 aliphatic carbocycles. The molecule has 14 heavy (non-hydrogen) atoms. The molecule has 0 fully saturated rings. The molecular weight excluding hydrogens is 176 g/mol. The van der Waals surface area contributed by atoms with Crippen LogP contribution in [0.15, 0.2) is 6.20 Å². The minimum absolute atomic E-state index is 0.399. The van der Waals surface area contributed by atoms with E-state index in [9.17, 15) is 0 Å². The highest BCUT2D eigenvalue weighted by atomic mass is 15.4. The van der Waals surface area contributed by atoms with Gasteiger partial charge in [-0.1, -0.05) is 19.1 Å². The summed E-state index contributed by atoms with van der Waals surface area (Å²) in [5, 5.41) is 8.20. The highest BCUT2D eigenvalue weighted by molar-refractivity contribution is 5.05. The molecule has 4 heteroatoms. The van der Waals surface area contributed by atoms with E-state index in [4.69, 9.17) is 5.73 Å². The fraction of sp³-hybridized carbons (Fsp3) is 0.800. The van der Waals surface area contributed by atoms with Gasteiger partial charge in [-0.3, -0.25) is 0 Å². The van der Waals surface area contributed by atoms with Gasteiger partial charge in [0.2, 0.25) is 0 Å². The molecule has 0 spiro atoms. The molecule has 0 aliphatic heterocycles. The first-order valence-corrected chi connectivity index (χ1v) is 5.20. The summed E-state index contributed by atoms with van der Waals surface area (Å²) in [6.07, 6.45) is 4.10. The summed E-state index contributed by atoms with van der Waals surface area (Å²) in [4.78, 5) is 0. The van der Waals surface area contributed by atoms with Gasteiger partial charge in [0.1, 0.15) is 5.69 Å². The maximum absolute atomic E-state index is 5.94. The average Bonchev–Trinajstić information content (AvgIpc) is 2.54. The van der Waals surface area contributed by atoms with Crippen molar-refractivity contribution < 1.29 is 0 Å². The first-order chi connectivity index (χ1) is 6.49. The summed E-state index contributed by atoms with van der Waals surface area (Å²) in [5.74, 6) is 0. The van der Waals surface area contributed by atoms with Crippen LogP contribution < -0.4 is 5.73 Å². The van der Waals surface area contributed by atoms with Crippen molar-refractivity contribution in [1.29, 1.82) is 0 Å². The predicted molar refractivity (Wildman–Crippen MR) is 56.9 cm³/mol. The van der Waals surface area contributed by atoms with E-state index in [1.807, 2.05) is 24.7 Å². The second-order valence-corrected chi connectivity index (χ2v) is 4.28. The van der Waals surface area contributed by atoms with Crippen molar-refractivity contribution in [1.82, 2.24) is 15.0 Å². The van der Waals surface area contributed by atoms with Crippen molar-refractivity contribution in [2.24, 2.45) is 5.73 Å². The van der Waals surface area contributed by atoms with Gasteiger partial charge in [0.05, 0.1) is 17.8 Å². The normalized spacial score (nSPS) is 12.4. The van der Waals surface area contributed by atoms with Crippen LogP contribution in [0.4, 0.5) is 0 Å². The number of aromatic nitrogens is 3. The first-order valence-electron chi connectivity index (χ1n) is 5.20. The largest absolute Gasteiger partial charge is 0.320 e. The minimum Gasteiger partial charge on any atom is -0.320 e. The van der Waals surface area contributed by atoms with Crippen molar-refractivity contribution in [2.75, 3.05) is 0 Å². The van der Waals surface area contributed by atoms with E-state index in [0.717, 1.165) is 18.5 Å². The Hall–Kier alpha value is -0.900. The van der Waals surface area contributed by atoms with E-state index in [1.165, 1.54) is 0 Å². The molecule has 1 heterocycles. The zero-order valence-corrected chi connectivity index (χ0v) is 9.49. The maximum Gasteiger partial charge on any atom is 0.102 e. The predicted octanol–water partition coefficient (Wildman–Crippen LogP) is 1.83. The topological polar surface area (TPSA) is 56.7 Å². The van der Waals surface area contributed by atoms with Crippen LogP contribution in [-0.2, 0) is 5.54 Å². The van der Waals surface area contributed by atoms with Gasteiger partial charge >= 0.3 is 0 Å². The summed E-state index contributed by atoms with van der Waals surface area (Å²) >= 11 is 0. The van der Waals surface area contributed by atoms with E-state index in [1.54, 1.807) is 0 Å². The van der Waals surface area contributed by atoms with Crippen LogP contribution in [0.2, 0.25) is 0 Å². The molecule has 0 unspecified atom stereocenters. The summed E-state index contributed by atoms with van der Waals surface area (Å²) in [5.41, 5.74) is 6.39. The third-order valence-electron chi connectivity index (χ3n) is 2.49. The SMILES string of the molecule is CCC(CC)n1cc(C(C)(C)N)nn1. The van der Waals surface area contributed by atoms with E-state index >= 15 is 0 Å². The number of rotatable bonds is 4. The molecule has 0 atom stereocenters. The van der Waals surface area contributed by atoms with Crippen LogP contribution in [0.1, 0.15) is 52.3 Å². The molecule has 0 radical (unpaired) electrons. The Balaban J connectivity index is 2.87. The van der Waals surface area contributed by atoms with Crippen molar-refractivity contribution in [3.63, 3.8) is 0 Å². The highest BCUT2D eigenvalue weighted by Crippen LogP contribution is 2.18. The van der Waals surface area contributed by atoms with Crippen LogP contribution >= 0.6 is 0 Å². The van der Waals surface area contributed by atoms with Gasteiger partial charge in [0, 0.05) is 0 Å². The van der Waals surface area contributed by atoms with Gasteiger partial charge in [0.25, 0.3) is 0 Å². The Morgan fingerprint density at radius 1 is 1.43 bits per heavy atom. The van der Waals surface area contributed by atoms with Crippen molar-refractivity contribution in [2.45, 2.75) is 52.1 Å². The van der Waals surface area contributed by atoms with Crippen molar-refractivity contribution >= 4 is 0 Å². The molecular formula is C10H20N4. The van der Waals surface area contributed by atoms with Gasteiger partial charge in [-0.05, 0) is 26.7 Å². The van der Waals surface area contributed by atoms with Gasteiger partial charge < -0.3 is 5.73 Å². The lowest BCUT2D eigenvalue weighted by molar-refractivity contribution is 0.418. The number of hydrogen-bond donors (Lipinski definition) is 1. The molecule has 0 saturated carbocycles. The second-order valence-electron chi connectivity index (χ2n) is 4.28. The molecule has 80 valence electrons. The van der Waals surface area contributed by atoms with Crippen LogP contribution in [0.25, 0.3) is 0 Å². The smallest absolute Gasteiger partial charge is 0.102 e. The summed E-state index contributed by atoms with van der Waals surface area (Å²) in [6.45, 7) is 8.19. The van der Waals surface area contributed by atoms with Crippen LogP contribution in [0, 0.1) is 0 Å². The molecule has 4 nitrogen and oxygen atoms in total. The number of hydrogen-bond acceptors (Lipinski definition) is 3. The molecule has 0 amide bonds. The molecule has 0 aliphatic rings. The quantitative estimate of drug-likeness (QED) is 0.799. The molecule has 1 aromatic rings. The van der Waals surface area contributed by atoms with E-state index < -0.39 is 5.54 Å². The standard InChI is InChI=1S/C10H20N4/c1-5-8(6-2)14-7-9(12-13-14)10(3,4)11/h7-8H,5-6,11H2,1-4H3. The third-order valence-corrected chi connectivity index (χ3v) is 2.49. The van der Waals surface area contributed by atoms with Gasteiger partial charge in [-0.25, -0.2) is 4.68 Å². The summed E-state index contributed by atoms with van der Waals surface area (Å²) in [7, 11) is 0. The average molecular weight is 196 g/mol. The van der Waals surface area contributed by atoms with Crippen LogP contribution in [0.3, 0.4) is 0 Å². The second kappa shape index (κ2) is 4.09. The van der Waals surface area contributed by atoms with Crippen LogP contribution in [-0.4, -0.2) is 15.0 Å². The zero-order chi connectivity index (χ0) is 10.8. The Morgan fingerprint density at radius 3 is 2.36 bits per heavy atom. The monoisotopic (exact) mass is 196 g/mol. The number of nitrogens with two attached hydrogens (primary N) is 1. The van der Waals surface area contributed by atoms with Crippen LogP contribution in [0.5, 0.6) is 0 Å². The van der Waals surface area contributed by atoms with Gasteiger partial charge in [-0.15, -0.1) is 5.10 Å². The lowest BCUT2D eigenvalue weighted by Crippen LogP contribution is -2.29. The zero-order valence-electron chi connectivity index (χ0n) is 9.49. The van der Waals surface area contributed by atoms with Gasteiger partial charge in [-0.2, -0.15) is 0 Å². The number of nitrogens with zero attached hydrogens (tertiary/aromatic N) is 3. The fourth-order valence-electron chi connectivity index (χ4n) is 1.41. The first kappa shape index (κ1) is 11.2. The summed E-state index contributed by atoms with van der Waals surface area (Å²) < 4.78 is 1.92. The molecule has 0 saturated heterocycles. The Kier molecular flexibility index (Phi) is 3.26. The van der Waals surface area contributed by atoms with E-state index in [2.05, 4.69) is 24.2 Å². The minimum atomic E-state index is -0.399. The molecule has 2 N–H and O–H groups in total. The maximum atomic E-state index is 5.94. The Morgan fingerprint density at radius 2 is 2.00 bits per heavy atom. The highest BCUT2D eigenvalue weighted by Gasteiger charge is 2.19. The van der Waals surface area contributed by atoms with E-state index in [-0.39, 0.29) is 0 Å². The Labute approximate surface area is 85.5 Å². The summed E-state index contributed by atoms with van der Waals surface area (Å²) in [6, 6.07) is 0.443. The lowest BCUT2D eigenvalue weighted by atomic mass is 10.0. The molecule has 1 rings (SSSR count). The molecule has 0 bridgehead atoms. The van der Waals surface area contributed by atoms with Gasteiger partial charge in [0.15, 0.2) is 0 Å². The molecule has 1 aromatic heterocycles. The Bertz CT molecular complexity index is 281.